The summed E-state index contributed by atoms with van der Waals surface area (Å²) in [4.78, 5) is 1.16. The van der Waals surface area contributed by atoms with Gasteiger partial charge in [-0.25, -0.2) is 0 Å². The van der Waals surface area contributed by atoms with Gasteiger partial charge in [-0.15, -0.1) is 11.8 Å². The van der Waals surface area contributed by atoms with E-state index in [4.69, 9.17) is 23.2 Å². The van der Waals surface area contributed by atoms with Gasteiger partial charge in [-0.3, -0.25) is 0 Å². The average Bonchev–Trinajstić information content (AvgIpc) is 2.45. The molecule has 0 unspecified atom stereocenters. The van der Waals surface area contributed by atoms with Crippen LogP contribution in [0.4, 0.5) is 0 Å². The van der Waals surface area contributed by atoms with Gasteiger partial charge in [0.05, 0.1) is 0 Å². The minimum absolute atomic E-state index is 0.810. The van der Waals surface area contributed by atoms with Crippen molar-refractivity contribution in [1.29, 1.82) is 0 Å². The van der Waals surface area contributed by atoms with Gasteiger partial charge in [-0.2, -0.15) is 0 Å². The molecule has 0 saturated carbocycles. The molecule has 1 nitrogen and oxygen atoms in total. The lowest BCUT2D eigenvalue weighted by Gasteiger charge is -2.08. The molecule has 106 valence electrons. The number of thioether (sulfide) groups is 1. The molecule has 0 bridgehead atoms. The van der Waals surface area contributed by atoms with Crippen LogP contribution in [0.1, 0.15) is 18.1 Å². The number of rotatable bonds is 6. The third-order valence-corrected chi connectivity index (χ3v) is 4.71. The molecule has 2 rings (SSSR count). The number of hydrogen-bond donors (Lipinski definition) is 1. The SMILES string of the molecule is CCNCc1ccc(SCc2ccccc2Cl)cc1Cl. The molecule has 0 saturated heterocycles. The summed E-state index contributed by atoms with van der Waals surface area (Å²) in [6.07, 6.45) is 0. The fourth-order valence-electron chi connectivity index (χ4n) is 1.80. The predicted octanol–water partition coefficient (Wildman–Crippen LogP) is 5.40. The van der Waals surface area contributed by atoms with Gasteiger partial charge in [0.1, 0.15) is 0 Å². The number of nitrogens with one attached hydrogen (secondary N) is 1. The Balaban J connectivity index is 2.00. The van der Waals surface area contributed by atoms with Gasteiger partial charge in [0.15, 0.2) is 0 Å². The highest BCUT2D eigenvalue weighted by Crippen LogP contribution is 2.29. The van der Waals surface area contributed by atoms with E-state index in [1.54, 1.807) is 11.8 Å². The molecule has 20 heavy (non-hydrogen) atoms. The van der Waals surface area contributed by atoms with E-state index in [0.717, 1.165) is 44.9 Å². The van der Waals surface area contributed by atoms with Crippen LogP contribution in [-0.4, -0.2) is 6.54 Å². The fraction of sp³-hybridized carbons (Fsp3) is 0.250. The Labute approximate surface area is 134 Å². The van der Waals surface area contributed by atoms with Crippen molar-refractivity contribution in [3.05, 3.63) is 63.6 Å². The van der Waals surface area contributed by atoms with Crippen molar-refractivity contribution in [2.24, 2.45) is 0 Å². The Morgan fingerprint density at radius 1 is 1.00 bits per heavy atom. The maximum absolute atomic E-state index is 6.30. The highest BCUT2D eigenvalue weighted by Gasteiger charge is 2.04. The van der Waals surface area contributed by atoms with Crippen LogP contribution in [0.5, 0.6) is 0 Å². The maximum Gasteiger partial charge on any atom is 0.0462 e. The van der Waals surface area contributed by atoms with Crippen LogP contribution >= 0.6 is 35.0 Å². The van der Waals surface area contributed by atoms with E-state index in [9.17, 15) is 0 Å². The molecular weight excluding hydrogens is 309 g/mol. The summed E-state index contributed by atoms with van der Waals surface area (Å²) in [5, 5.41) is 4.91. The number of benzene rings is 2. The summed E-state index contributed by atoms with van der Waals surface area (Å²) in [6.45, 7) is 3.84. The van der Waals surface area contributed by atoms with Gasteiger partial charge in [-0.1, -0.05) is 54.4 Å². The summed E-state index contributed by atoms with van der Waals surface area (Å²) in [5.41, 5.74) is 2.28. The third-order valence-electron chi connectivity index (χ3n) is 2.94. The molecule has 0 aliphatic rings. The first-order valence-corrected chi connectivity index (χ1v) is 8.30. The highest BCUT2D eigenvalue weighted by atomic mass is 35.5. The molecule has 1 N–H and O–H groups in total. The Bertz CT molecular complexity index is 572. The molecule has 0 radical (unpaired) electrons. The summed E-state index contributed by atoms with van der Waals surface area (Å²) < 4.78 is 0. The lowest BCUT2D eigenvalue weighted by Crippen LogP contribution is -2.11. The zero-order valence-electron chi connectivity index (χ0n) is 11.3. The van der Waals surface area contributed by atoms with Crippen molar-refractivity contribution in [3.8, 4) is 0 Å². The molecule has 0 fully saturated rings. The average molecular weight is 326 g/mol. The van der Waals surface area contributed by atoms with E-state index in [1.807, 2.05) is 24.3 Å². The van der Waals surface area contributed by atoms with Crippen LogP contribution in [0.3, 0.4) is 0 Å². The van der Waals surface area contributed by atoms with Gasteiger partial charge in [0.2, 0.25) is 0 Å². The van der Waals surface area contributed by atoms with Crippen molar-refractivity contribution < 1.29 is 0 Å². The molecule has 2 aromatic carbocycles. The van der Waals surface area contributed by atoms with Crippen molar-refractivity contribution in [3.63, 3.8) is 0 Å². The molecule has 0 aliphatic heterocycles. The highest BCUT2D eigenvalue weighted by molar-refractivity contribution is 7.98. The van der Waals surface area contributed by atoms with Gasteiger partial charge < -0.3 is 5.32 Å². The van der Waals surface area contributed by atoms with Crippen molar-refractivity contribution >= 4 is 35.0 Å². The zero-order chi connectivity index (χ0) is 14.4. The van der Waals surface area contributed by atoms with E-state index in [1.165, 1.54) is 0 Å². The molecule has 0 aliphatic carbocycles. The van der Waals surface area contributed by atoms with Gasteiger partial charge >= 0.3 is 0 Å². The molecule has 0 amide bonds. The van der Waals surface area contributed by atoms with E-state index >= 15 is 0 Å². The van der Waals surface area contributed by atoms with Crippen LogP contribution in [0.2, 0.25) is 10.0 Å². The Morgan fingerprint density at radius 3 is 2.50 bits per heavy atom. The molecule has 0 atom stereocenters. The molecule has 0 aromatic heterocycles. The minimum Gasteiger partial charge on any atom is -0.313 e. The van der Waals surface area contributed by atoms with Crippen molar-refractivity contribution in [2.45, 2.75) is 24.1 Å². The summed E-state index contributed by atoms with van der Waals surface area (Å²) in [5.74, 6) is 0.850. The fourth-order valence-corrected chi connectivity index (χ4v) is 3.33. The Morgan fingerprint density at radius 2 is 1.80 bits per heavy atom. The minimum atomic E-state index is 0.810. The Hall–Kier alpha value is -0.670. The second-order valence-corrected chi connectivity index (χ2v) is 6.28. The smallest absolute Gasteiger partial charge is 0.0462 e. The molecule has 0 spiro atoms. The Kier molecular flexibility index (Phi) is 6.24. The number of hydrogen-bond acceptors (Lipinski definition) is 2. The van der Waals surface area contributed by atoms with Crippen molar-refractivity contribution in [2.75, 3.05) is 6.54 Å². The van der Waals surface area contributed by atoms with Gasteiger partial charge in [0.25, 0.3) is 0 Å². The van der Waals surface area contributed by atoms with E-state index in [-0.39, 0.29) is 0 Å². The molecule has 4 heteroatoms. The van der Waals surface area contributed by atoms with Crippen molar-refractivity contribution in [1.82, 2.24) is 5.32 Å². The van der Waals surface area contributed by atoms with E-state index < -0.39 is 0 Å². The quantitative estimate of drug-likeness (QED) is 0.714. The summed E-state index contributed by atoms with van der Waals surface area (Å²) >= 11 is 14.2. The van der Waals surface area contributed by atoms with Crippen LogP contribution in [-0.2, 0) is 12.3 Å². The molecule has 2 aromatic rings. The first-order valence-electron chi connectivity index (χ1n) is 6.56. The lowest BCUT2D eigenvalue weighted by molar-refractivity contribution is 0.726. The first-order chi connectivity index (χ1) is 9.70. The van der Waals surface area contributed by atoms with Gasteiger partial charge in [-0.05, 0) is 35.9 Å². The maximum atomic E-state index is 6.30. The van der Waals surface area contributed by atoms with Crippen LogP contribution in [0, 0.1) is 0 Å². The lowest BCUT2D eigenvalue weighted by atomic mass is 10.2. The third kappa shape index (κ3) is 4.42. The monoisotopic (exact) mass is 325 g/mol. The van der Waals surface area contributed by atoms with Gasteiger partial charge in [0, 0.05) is 27.2 Å². The van der Waals surface area contributed by atoms with Crippen LogP contribution in [0.25, 0.3) is 0 Å². The van der Waals surface area contributed by atoms with E-state index in [0.29, 0.717) is 0 Å². The molecule has 0 heterocycles. The zero-order valence-corrected chi connectivity index (χ0v) is 13.7. The van der Waals surface area contributed by atoms with Crippen LogP contribution in [0.15, 0.2) is 47.4 Å². The van der Waals surface area contributed by atoms with E-state index in [2.05, 4.69) is 30.4 Å². The normalized spacial score (nSPS) is 10.8. The summed E-state index contributed by atoms with van der Waals surface area (Å²) in [7, 11) is 0. The molecular formula is C16H17Cl2NS. The first kappa shape index (κ1) is 15.7. The standard InChI is InChI=1S/C16H17Cl2NS/c1-2-19-10-12-7-8-14(9-16(12)18)20-11-13-5-3-4-6-15(13)17/h3-9,19H,2,10-11H2,1H3. The topological polar surface area (TPSA) is 12.0 Å². The second-order valence-electron chi connectivity index (χ2n) is 4.41. The summed E-state index contributed by atoms with van der Waals surface area (Å²) in [6, 6.07) is 14.1. The predicted molar refractivity (Wildman–Crippen MR) is 89.8 cm³/mol. The second kappa shape index (κ2) is 7.94. The van der Waals surface area contributed by atoms with Crippen LogP contribution < -0.4 is 5.32 Å². The number of halogens is 2. The largest absolute Gasteiger partial charge is 0.313 e.